The Morgan fingerprint density at radius 2 is 1.91 bits per heavy atom. The molecule has 3 aromatic rings. The van der Waals surface area contributed by atoms with Crippen LogP contribution in [0.1, 0.15) is 32.6 Å². The molecule has 0 fully saturated rings. The lowest BCUT2D eigenvalue weighted by Gasteiger charge is -2.30. The van der Waals surface area contributed by atoms with Gasteiger partial charge in [-0.25, -0.2) is 0 Å². The van der Waals surface area contributed by atoms with Gasteiger partial charge in [0, 0.05) is 33.7 Å². The van der Waals surface area contributed by atoms with Gasteiger partial charge >= 0.3 is 0 Å². The molecule has 0 saturated heterocycles. The smallest absolute Gasteiger partial charge is 0.231 e. The van der Waals surface area contributed by atoms with E-state index in [1.54, 1.807) is 6.08 Å². The van der Waals surface area contributed by atoms with E-state index in [2.05, 4.69) is 20.8 Å². The highest BCUT2D eigenvalue weighted by atomic mass is 79.9. The van der Waals surface area contributed by atoms with Crippen LogP contribution < -0.4 is 9.47 Å². The third-order valence-corrected chi connectivity index (χ3v) is 6.72. The highest BCUT2D eigenvalue weighted by Crippen LogP contribution is 2.43. The van der Waals surface area contributed by atoms with Gasteiger partial charge in [-0.15, -0.1) is 0 Å². The molecule has 0 atom stereocenters. The topological polar surface area (TPSA) is 38.8 Å². The van der Waals surface area contributed by atoms with Gasteiger partial charge in [-0.05, 0) is 54.8 Å². The van der Waals surface area contributed by atoms with Crippen LogP contribution in [0, 0.1) is 6.92 Å². The maximum absolute atomic E-state index is 13.1. The predicted molar refractivity (Wildman–Crippen MR) is 129 cm³/mol. The Morgan fingerprint density at radius 3 is 2.69 bits per heavy atom. The van der Waals surface area contributed by atoms with Crippen molar-refractivity contribution in [3.8, 4) is 11.5 Å². The molecule has 0 aromatic heterocycles. The number of allylic oxidation sites excluding steroid dienone is 1. The number of hydrogen-bond donors (Lipinski definition) is 0. The number of carbonyl (C=O) groups excluding carboxylic acids is 1. The molecule has 32 heavy (non-hydrogen) atoms. The molecule has 2 aliphatic rings. The number of carbonyl (C=O) groups is 1. The summed E-state index contributed by atoms with van der Waals surface area (Å²) < 4.78 is 13.1. The SMILES string of the molecule is Cc1c2c(cc3c1O/C(=C\c1ccc(Br)cc1)C3=O)CN(CCc1ccccc1Cl)CO2. The van der Waals surface area contributed by atoms with E-state index in [0.717, 1.165) is 50.5 Å². The summed E-state index contributed by atoms with van der Waals surface area (Å²) in [6.45, 7) is 3.98. The number of fused-ring (bicyclic) bond motifs is 2. The molecule has 2 aliphatic heterocycles. The Hall–Kier alpha value is -2.60. The Bertz CT molecular complexity index is 1240. The molecule has 0 aliphatic carbocycles. The fraction of sp³-hybridized carbons (Fsp3) is 0.192. The first-order valence-electron chi connectivity index (χ1n) is 10.4. The van der Waals surface area contributed by atoms with E-state index < -0.39 is 0 Å². The van der Waals surface area contributed by atoms with E-state index in [4.69, 9.17) is 21.1 Å². The summed E-state index contributed by atoms with van der Waals surface area (Å²) in [5.41, 5.74) is 4.51. The van der Waals surface area contributed by atoms with Crippen LogP contribution in [0.5, 0.6) is 11.5 Å². The third kappa shape index (κ3) is 4.08. The molecule has 0 bridgehead atoms. The van der Waals surface area contributed by atoms with Crippen LogP contribution in [0.2, 0.25) is 5.02 Å². The molecule has 162 valence electrons. The first kappa shape index (κ1) is 21.3. The second-order valence-electron chi connectivity index (χ2n) is 8.03. The van der Waals surface area contributed by atoms with Gasteiger partial charge in [0.2, 0.25) is 5.78 Å². The predicted octanol–water partition coefficient (Wildman–Crippen LogP) is 6.42. The van der Waals surface area contributed by atoms with Crippen LogP contribution in [0.4, 0.5) is 0 Å². The maximum atomic E-state index is 13.1. The minimum Gasteiger partial charge on any atom is -0.477 e. The molecule has 6 heteroatoms. The summed E-state index contributed by atoms with van der Waals surface area (Å²) in [5.74, 6) is 1.66. The number of halogens is 2. The molecular formula is C26H21BrClNO3. The highest BCUT2D eigenvalue weighted by molar-refractivity contribution is 9.10. The largest absolute Gasteiger partial charge is 0.477 e. The zero-order valence-corrected chi connectivity index (χ0v) is 19.9. The van der Waals surface area contributed by atoms with Crippen molar-refractivity contribution < 1.29 is 14.3 Å². The number of ketones is 1. The van der Waals surface area contributed by atoms with Crippen LogP contribution in [0.3, 0.4) is 0 Å². The van der Waals surface area contributed by atoms with Gasteiger partial charge in [0.1, 0.15) is 18.2 Å². The summed E-state index contributed by atoms with van der Waals surface area (Å²) in [7, 11) is 0. The molecule has 0 amide bonds. The van der Waals surface area contributed by atoms with Crippen molar-refractivity contribution >= 4 is 39.4 Å². The number of nitrogens with zero attached hydrogens (tertiary/aromatic N) is 1. The van der Waals surface area contributed by atoms with Crippen LogP contribution in [-0.2, 0) is 13.0 Å². The van der Waals surface area contributed by atoms with E-state index in [1.165, 1.54) is 0 Å². The molecule has 3 aromatic carbocycles. The van der Waals surface area contributed by atoms with Crippen molar-refractivity contribution in [3.05, 3.63) is 97.7 Å². The lowest BCUT2D eigenvalue weighted by Crippen LogP contribution is -2.34. The van der Waals surface area contributed by atoms with E-state index >= 15 is 0 Å². The van der Waals surface area contributed by atoms with Gasteiger partial charge in [0.05, 0.1) is 5.56 Å². The van der Waals surface area contributed by atoms with Crippen molar-refractivity contribution in [2.45, 2.75) is 19.9 Å². The van der Waals surface area contributed by atoms with Crippen molar-refractivity contribution in [3.63, 3.8) is 0 Å². The van der Waals surface area contributed by atoms with Gasteiger partial charge in [0.25, 0.3) is 0 Å². The molecule has 0 saturated carbocycles. The molecule has 4 nitrogen and oxygen atoms in total. The van der Waals surface area contributed by atoms with Gasteiger partial charge in [-0.1, -0.05) is 57.9 Å². The van der Waals surface area contributed by atoms with E-state index in [0.29, 0.717) is 30.3 Å². The minimum absolute atomic E-state index is 0.0954. The van der Waals surface area contributed by atoms with E-state index in [1.807, 2.05) is 61.5 Å². The van der Waals surface area contributed by atoms with Gasteiger partial charge in [0.15, 0.2) is 5.76 Å². The van der Waals surface area contributed by atoms with Gasteiger partial charge in [-0.2, -0.15) is 0 Å². The molecule has 5 rings (SSSR count). The highest BCUT2D eigenvalue weighted by Gasteiger charge is 2.33. The minimum atomic E-state index is -0.0954. The quantitative estimate of drug-likeness (QED) is 0.380. The Labute approximate surface area is 200 Å². The number of benzene rings is 3. The Balaban J connectivity index is 1.36. The molecule has 0 unspecified atom stereocenters. The number of hydrogen-bond acceptors (Lipinski definition) is 4. The monoisotopic (exact) mass is 509 g/mol. The number of ether oxygens (including phenoxy) is 2. The van der Waals surface area contributed by atoms with Crippen molar-refractivity contribution in [2.75, 3.05) is 13.3 Å². The first-order valence-corrected chi connectivity index (χ1v) is 11.6. The average Bonchev–Trinajstić information content (AvgIpc) is 3.10. The average molecular weight is 511 g/mol. The van der Waals surface area contributed by atoms with Crippen LogP contribution >= 0.6 is 27.5 Å². The van der Waals surface area contributed by atoms with Gasteiger partial charge in [-0.3, -0.25) is 9.69 Å². The standard InChI is InChI=1S/C26H21BrClNO3/c1-16-25-19(14-29(15-31-25)11-10-18-4-2-3-5-22(18)28)13-21-24(30)23(32-26(16)21)12-17-6-8-20(27)9-7-17/h2-9,12-13H,10-11,14-15H2,1H3/b23-12-. The molecule has 0 N–H and O–H groups in total. The Morgan fingerprint density at radius 1 is 1.12 bits per heavy atom. The summed E-state index contributed by atoms with van der Waals surface area (Å²) in [4.78, 5) is 15.3. The number of Topliss-reactive ketones (excluding diaryl/α,β-unsaturated/α-hetero) is 1. The van der Waals surface area contributed by atoms with Crippen LogP contribution in [0.15, 0.2) is 64.8 Å². The van der Waals surface area contributed by atoms with E-state index in [-0.39, 0.29) is 5.78 Å². The third-order valence-electron chi connectivity index (χ3n) is 5.82. The van der Waals surface area contributed by atoms with Crippen LogP contribution in [0.25, 0.3) is 6.08 Å². The summed E-state index contributed by atoms with van der Waals surface area (Å²) in [5, 5.41) is 0.785. The fourth-order valence-corrected chi connectivity index (χ4v) is 4.62. The van der Waals surface area contributed by atoms with Crippen molar-refractivity contribution in [1.29, 1.82) is 0 Å². The maximum Gasteiger partial charge on any atom is 0.231 e. The van der Waals surface area contributed by atoms with Crippen molar-refractivity contribution in [1.82, 2.24) is 4.90 Å². The normalized spacial score (nSPS) is 16.5. The second-order valence-corrected chi connectivity index (χ2v) is 9.35. The van der Waals surface area contributed by atoms with Crippen molar-refractivity contribution in [2.24, 2.45) is 0 Å². The van der Waals surface area contributed by atoms with E-state index in [9.17, 15) is 4.79 Å². The summed E-state index contributed by atoms with van der Waals surface area (Å²) in [6.07, 6.45) is 2.62. The van der Waals surface area contributed by atoms with Gasteiger partial charge < -0.3 is 9.47 Å². The summed E-state index contributed by atoms with van der Waals surface area (Å²) >= 11 is 9.72. The lowest BCUT2D eigenvalue weighted by atomic mass is 10.00. The second kappa shape index (κ2) is 8.74. The molecule has 0 radical (unpaired) electrons. The van der Waals surface area contributed by atoms with Crippen LogP contribution in [-0.4, -0.2) is 24.0 Å². The first-order chi connectivity index (χ1) is 15.5. The fourth-order valence-electron chi connectivity index (χ4n) is 4.13. The Kier molecular flexibility index (Phi) is 5.80. The molecule has 0 spiro atoms. The number of rotatable bonds is 4. The molecule has 2 heterocycles. The lowest BCUT2D eigenvalue weighted by molar-refractivity contribution is 0.0954. The zero-order chi connectivity index (χ0) is 22.2. The zero-order valence-electron chi connectivity index (χ0n) is 17.5. The molecular weight excluding hydrogens is 490 g/mol. The summed E-state index contributed by atoms with van der Waals surface area (Å²) in [6, 6.07) is 17.6.